The van der Waals surface area contributed by atoms with E-state index in [2.05, 4.69) is 32.7 Å². The van der Waals surface area contributed by atoms with Crippen molar-refractivity contribution in [2.75, 3.05) is 0 Å². The quantitative estimate of drug-likeness (QED) is 0.785. The lowest BCUT2D eigenvalue weighted by atomic mass is 10.0. The van der Waals surface area contributed by atoms with Crippen LogP contribution in [-0.2, 0) is 4.79 Å². The molecule has 0 atom stereocenters. The Balaban J connectivity index is 0.000000385. The lowest BCUT2D eigenvalue weighted by molar-refractivity contribution is -0.131. The SMILES string of the molecule is C=CC(=O)O.C=Cc1cccc(C)c1C=C. The normalized spacial score (nSPS) is 8.31. The Bertz CT molecular complexity index is 403. The third-order valence-corrected chi connectivity index (χ3v) is 1.96. The predicted molar refractivity (Wildman–Crippen MR) is 69.2 cm³/mol. The van der Waals surface area contributed by atoms with Crippen molar-refractivity contribution in [3.63, 3.8) is 0 Å². The van der Waals surface area contributed by atoms with Crippen molar-refractivity contribution < 1.29 is 9.90 Å². The van der Waals surface area contributed by atoms with Gasteiger partial charge in [0.05, 0.1) is 0 Å². The second-order valence-corrected chi connectivity index (χ2v) is 3.03. The Morgan fingerprint density at radius 3 is 2.12 bits per heavy atom. The molecule has 1 rings (SSSR count). The Kier molecular flexibility index (Phi) is 6.29. The summed E-state index contributed by atoms with van der Waals surface area (Å²) in [6.45, 7) is 12.5. The Labute approximate surface area is 96.2 Å². The second kappa shape index (κ2) is 7.23. The molecular weight excluding hydrogens is 200 g/mol. The van der Waals surface area contributed by atoms with Gasteiger partial charge in [0.15, 0.2) is 0 Å². The summed E-state index contributed by atoms with van der Waals surface area (Å²) in [4.78, 5) is 9.25. The van der Waals surface area contributed by atoms with Gasteiger partial charge in [0.1, 0.15) is 0 Å². The van der Waals surface area contributed by atoms with Gasteiger partial charge in [0.2, 0.25) is 0 Å². The van der Waals surface area contributed by atoms with E-state index in [-0.39, 0.29) is 0 Å². The topological polar surface area (TPSA) is 37.3 Å². The molecule has 0 radical (unpaired) electrons. The molecule has 0 saturated heterocycles. The molecule has 0 amide bonds. The first-order chi connectivity index (χ1) is 7.56. The summed E-state index contributed by atoms with van der Waals surface area (Å²) in [5.41, 5.74) is 3.58. The number of aryl methyl sites for hydroxylation is 1. The van der Waals surface area contributed by atoms with Crippen LogP contribution in [0.5, 0.6) is 0 Å². The number of hydrogen-bond donors (Lipinski definition) is 1. The van der Waals surface area contributed by atoms with Gasteiger partial charge in [0, 0.05) is 6.08 Å². The highest BCUT2D eigenvalue weighted by atomic mass is 16.4. The molecule has 84 valence electrons. The van der Waals surface area contributed by atoms with Crippen molar-refractivity contribution in [3.05, 3.63) is 60.7 Å². The molecule has 1 aromatic rings. The fourth-order valence-electron chi connectivity index (χ4n) is 1.16. The van der Waals surface area contributed by atoms with Crippen LogP contribution in [0.1, 0.15) is 16.7 Å². The maximum Gasteiger partial charge on any atom is 0.327 e. The fraction of sp³-hybridized carbons (Fsp3) is 0.0714. The molecule has 0 unspecified atom stereocenters. The average Bonchev–Trinajstić information content (AvgIpc) is 2.29. The third kappa shape index (κ3) is 4.42. The molecule has 16 heavy (non-hydrogen) atoms. The maximum absolute atomic E-state index is 9.25. The zero-order valence-corrected chi connectivity index (χ0v) is 9.44. The Hall–Kier alpha value is -2.09. The van der Waals surface area contributed by atoms with E-state index in [4.69, 9.17) is 5.11 Å². The first kappa shape index (κ1) is 13.9. The van der Waals surface area contributed by atoms with Crippen LogP contribution in [0.25, 0.3) is 12.2 Å². The lowest BCUT2D eigenvalue weighted by Gasteiger charge is -2.03. The smallest absolute Gasteiger partial charge is 0.327 e. The highest BCUT2D eigenvalue weighted by molar-refractivity contribution is 5.78. The van der Waals surface area contributed by atoms with Gasteiger partial charge in [-0.1, -0.05) is 50.1 Å². The molecule has 0 saturated carbocycles. The molecule has 1 aromatic carbocycles. The largest absolute Gasteiger partial charge is 0.478 e. The van der Waals surface area contributed by atoms with Crippen LogP contribution in [0.2, 0.25) is 0 Å². The third-order valence-electron chi connectivity index (χ3n) is 1.96. The predicted octanol–water partition coefficient (Wildman–Crippen LogP) is 3.54. The maximum atomic E-state index is 9.25. The molecule has 0 aromatic heterocycles. The molecule has 1 N–H and O–H groups in total. The van der Waals surface area contributed by atoms with E-state index in [0.29, 0.717) is 0 Å². The van der Waals surface area contributed by atoms with Crippen molar-refractivity contribution >= 4 is 18.1 Å². The first-order valence-corrected chi connectivity index (χ1v) is 4.76. The second-order valence-electron chi connectivity index (χ2n) is 3.03. The monoisotopic (exact) mass is 216 g/mol. The number of aliphatic carboxylic acids is 1. The van der Waals surface area contributed by atoms with Crippen molar-refractivity contribution in [1.82, 2.24) is 0 Å². The fourth-order valence-corrected chi connectivity index (χ4v) is 1.16. The first-order valence-electron chi connectivity index (χ1n) is 4.76. The molecule has 0 aliphatic rings. The number of carbonyl (C=O) groups is 1. The minimum atomic E-state index is -0.981. The summed E-state index contributed by atoms with van der Waals surface area (Å²) in [6, 6.07) is 6.14. The highest BCUT2D eigenvalue weighted by Gasteiger charge is 1.96. The average molecular weight is 216 g/mol. The standard InChI is InChI=1S/C11H12.C3H4O2/c1-4-10-8-6-7-9(3)11(10)5-2;1-2-3(4)5/h4-8H,1-2H2,3H3;2H,1H2,(H,4,5). The number of carboxylic acids is 1. The van der Waals surface area contributed by atoms with Crippen molar-refractivity contribution in [2.45, 2.75) is 6.92 Å². The molecule has 0 aliphatic heterocycles. The van der Waals surface area contributed by atoms with Gasteiger partial charge in [-0.3, -0.25) is 0 Å². The van der Waals surface area contributed by atoms with E-state index < -0.39 is 5.97 Å². The zero-order valence-electron chi connectivity index (χ0n) is 9.44. The Morgan fingerprint density at radius 1 is 1.25 bits per heavy atom. The van der Waals surface area contributed by atoms with Crippen LogP contribution in [0.3, 0.4) is 0 Å². The van der Waals surface area contributed by atoms with Gasteiger partial charge in [-0.25, -0.2) is 4.79 Å². The van der Waals surface area contributed by atoms with Gasteiger partial charge >= 0.3 is 5.97 Å². The van der Waals surface area contributed by atoms with Crippen molar-refractivity contribution in [3.8, 4) is 0 Å². The minimum Gasteiger partial charge on any atom is -0.478 e. The van der Waals surface area contributed by atoms with E-state index in [1.807, 2.05) is 24.3 Å². The summed E-state index contributed by atoms with van der Waals surface area (Å²) < 4.78 is 0. The van der Waals surface area contributed by atoms with E-state index in [1.165, 1.54) is 11.1 Å². The van der Waals surface area contributed by atoms with E-state index in [9.17, 15) is 4.79 Å². The molecule has 0 fully saturated rings. The van der Waals surface area contributed by atoms with Crippen LogP contribution >= 0.6 is 0 Å². The van der Waals surface area contributed by atoms with Crippen molar-refractivity contribution in [1.29, 1.82) is 0 Å². The van der Waals surface area contributed by atoms with E-state index in [1.54, 1.807) is 0 Å². The summed E-state index contributed by atoms with van der Waals surface area (Å²) in [7, 11) is 0. The molecular formula is C14H16O2. The zero-order chi connectivity index (χ0) is 12.6. The van der Waals surface area contributed by atoms with Crippen LogP contribution in [0.15, 0.2) is 44.0 Å². The van der Waals surface area contributed by atoms with Gasteiger partial charge in [-0.15, -0.1) is 0 Å². The molecule has 2 nitrogen and oxygen atoms in total. The molecule has 0 spiro atoms. The molecule has 0 bridgehead atoms. The van der Waals surface area contributed by atoms with Crippen LogP contribution in [-0.4, -0.2) is 11.1 Å². The van der Waals surface area contributed by atoms with Crippen molar-refractivity contribution in [2.24, 2.45) is 0 Å². The van der Waals surface area contributed by atoms with Crippen LogP contribution in [0.4, 0.5) is 0 Å². The van der Waals surface area contributed by atoms with Gasteiger partial charge in [0.25, 0.3) is 0 Å². The van der Waals surface area contributed by atoms with Gasteiger partial charge < -0.3 is 5.11 Å². The number of hydrogen-bond acceptors (Lipinski definition) is 1. The Morgan fingerprint density at radius 2 is 1.81 bits per heavy atom. The van der Waals surface area contributed by atoms with Crippen LogP contribution < -0.4 is 0 Å². The molecule has 2 heteroatoms. The van der Waals surface area contributed by atoms with Crippen LogP contribution in [0, 0.1) is 6.92 Å². The lowest BCUT2D eigenvalue weighted by Crippen LogP contribution is -1.83. The molecule has 0 aliphatic carbocycles. The summed E-state index contributed by atoms with van der Waals surface area (Å²) >= 11 is 0. The van der Waals surface area contributed by atoms with E-state index >= 15 is 0 Å². The number of carboxylic acid groups (broad SMARTS) is 1. The number of benzene rings is 1. The summed E-state index contributed by atoms with van der Waals surface area (Å²) in [5, 5.41) is 7.60. The number of rotatable bonds is 3. The van der Waals surface area contributed by atoms with Gasteiger partial charge in [-0.2, -0.15) is 0 Å². The minimum absolute atomic E-state index is 0.833. The van der Waals surface area contributed by atoms with E-state index in [0.717, 1.165) is 11.6 Å². The summed E-state index contributed by atoms with van der Waals surface area (Å²) in [6.07, 6.45) is 4.55. The highest BCUT2D eigenvalue weighted by Crippen LogP contribution is 2.15. The summed E-state index contributed by atoms with van der Waals surface area (Å²) in [5.74, 6) is -0.981. The van der Waals surface area contributed by atoms with Gasteiger partial charge in [-0.05, 0) is 23.6 Å². The molecule has 0 heterocycles.